The molecule has 0 aliphatic carbocycles. The van der Waals surface area contributed by atoms with Gasteiger partial charge < -0.3 is 14.9 Å². The Morgan fingerprint density at radius 2 is 1.71 bits per heavy atom. The van der Waals surface area contributed by atoms with E-state index in [1.807, 2.05) is 0 Å². The number of carbonyl (C=O) groups is 2. The van der Waals surface area contributed by atoms with Crippen LogP contribution in [0.25, 0.3) is 0 Å². The number of ether oxygens (including phenoxy) is 1. The molecule has 0 aliphatic rings. The van der Waals surface area contributed by atoms with Gasteiger partial charge in [-0.25, -0.2) is 0 Å². The maximum Gasteiger partial charge on any atom is 0.303 e. The van der Waals surface area contributed by atoms with Crippen LogP contribution in [-0.4, -0.2) is 29.3 Å². The third-order valence-electron chi connectivity index (χ3n) is 2.42. The molecule has 0 aliphatic heterocycles. The number of carboxylic acids is 2. The maximum absolute atomic E-state index is 10.7. The Morgan fingerprint density at radius 1 is 1.18 bits per heavy atom. The molecule has 0 fully saturated rings. The van der Waals surface area contributed by atoms with Crippen LogP contribution in [0.4, 0.5) is 0 Å². The van der Waals surface area contributed by atoms with Gasteiger partial charge in [0.05, 0.1) is 20.0 Å². The Labute approximate surface area is 98.6 Å². The molecule has 0 heterocycles. The van der Waals surface area contributed by atoms with Crippen LogP contribution in [0.5, 0.6) is 5.75 Å². The van der Waals surface area contributed by atoms with Crippen LogP contribution >= 0.6 is 0 Å². The zero-order valence-corrected chi connectivity index (χ0v) is 9.42. The first kappa shape index (κ1) is 13.0. The van der Waals surface area contributed by atoms with Crippen molar-refractivity contribution in [1.29, 1.82) is 0 Å². The molecule has 0 saturated carbocycles. The minimum absolute atomic E-state index is 0.229. The summed E-state index contributed by atoms with van der Waals surface area (Å²) in [4.78, 5) is 21.5. The minimum Gasteiger partial charge on any atom is -0.496 e. The van der Waals surface area contributed by atoms with Gasteiger partial charge in [-0.1, -0.05) is 18.2 Å². The maximum atomic E-state index is 10.7. The average molecular weight is 238 g/mol. The van der Waals surface area contributed by atoms with Gasteiger partial charge in [0, 0.05) is 5.92 Å². The first-order chi connectivity index (χ1) is 8.04. The summed E-state index contributed by atoms with van der Waals surface area (Å²) in [7, 11) is 1.47. The van der Waals surface area contributed by atoms with Gasteiger partial charge in [-0.3, -0.25) is 9.59 Å². The van der Waals surface area contributed by atoms with E-state index in [0.29, 0.717) is 11.3 Å². The molecule has 1 aromatic carbocycles. The molecule has 0 spiro atoms. The number of aliphatic carboxylic acids is 2. The summed E-state index contributed by atoms with van der Waals surface area (Å²) in [5, 5.41) is 17.6. The quantitative estimate of drug-likeness (QED) is 0.788. The van der Waals surface area contributed by atoms with Crippen molar-refractivity contribution in [3.63, 3.8) is 0 Å². The summed E-state index contributed by atoms with van der Waals surface area (Å²) in [5.74, 6) is -2.12. The number of hydrogen-bond donors (Lipinski definition) is 2. The van der Waals surface area contributed by atoms with Crippen molar-refractivity contribution in [3.8, 4) is 5.75 Å². The van der Waals surface area contributed by atoms with Gasteiger partial charge in [0.1, 0.15) is 5.75 Å². The van der Waals surface area contributed by atoms with E-state index < -0.39 is 17.9 Å². The Kier molecular flexibility index (Phi) is 4.51. The summed E-state index contributed by atoms with van der Waals surface area (Å²) in [6.07, 6.45) is -0.459. The van der Waals surface area contributed by atoms with Crippen LogP contribution < -0.4 is 4.74 Å². The zero-order chi connectivity index (χ0) is 12.8. The second kappa shape index (κ2) is 5.89. The van der Waals surface area contributed by atoms with Gasteiger partial charge in [0.15, 0.2) is 0 Å². The topological polar surface area (TPSA) is 83.8 Å². The van der Waals surface area contributed by atoms with Crippen LogP contribution in [0.2, 0.25) is 0 Å². The van der Waals surface area contributed by atoms with Gasteiger partial charge in [-0.2, -0.15) is 0 Å². The number of carboxylic acid groups (broad SMARTS) is 2. The molecule has 0 aromatic heterocycles. The summed E-state index contributed by atoms with van der Waals surface area (Å²) in [6, 6.07) is 6.86. The number of hydrogen-bond acceptors (Lipinski definition) is 3. The van der Waals surface area contributed by atoms with Crippen molar-refractivity contribution in [2.24, 2.45) is 0 Å². The molecule has 5 nitrogen and oxygen atoms in total. The highest BCUT2D eigenvalue weighted by molar-refractivity contribution is 5.72. The van der Waals surface area contributed by atoms with E-state index >= 15 is 0 Å². The lowest BCUT2D eigenvalue weighted by Gasteiger charge is -2.16. The highest BCUT2D eigenvalue weighted by Gasteiger charge is 2.21. The molecular formula is C12H14O5. The van der Waals surface area contributed by atoms with Crippen molar-refractivity contribution < 1.29 is 24.5 Å². The van der Waals surface area contributed by atoms with Crippen LogP contribution in [-0.2, 0) is 9.59 Å². The highest BCUT2D eigenvalue weighted by atomic mass is 16.5. The summed E-state index contributed by atoms with van der Waals surface area (Å²) in [6.45, 7) is 0. The van der Waals surface area contributed by atoms with E-state index in [0.717, 1.165) is 0 Å². The lowest BCUT2D eigenvalue weighted by Crippen LogP contribution is -2.12. The predicted molar refractivity (Wildman–Crippen MR) is 60.2 cm³/mol. The Morgan fingerprint density at radius 3 is 2.18 bits per heavy atom. The first-order valence-corrected chi connectivity index (χ1v) is 5.11. The van der Waals surface area contributed by atoms with E-state index in [-0.39, 0.29) is 12.8 Å². The molecule has 2 N–H and O–H groups in total. The second-order valence-corrected chi connectivity index (χ2v) is 3.63. The Hall–Kier alpha value is -2.04. The van der Waals surface area contributed by atoms with E-state index in [1.54, 1.807) is 24.3 Å². The van der Waals surface area contributed by atoms with Gasteiger partial charge in [0.25, 0.3) is 0 Å². The lowest BCUT2D eigenvalue weighted by atomic mass is 9.92. The van der Waals surface area contributed by atoms with Crippen molar-refractivity contribution >= 4 is 11.9 Å². The zero-order valence-electron chi connectivity index (χ0n) is 9.42. The van der Waals surface area contributed by atoms with E-state index in [2.05, 4.69) is 0 Å². The number of benzene rings is 1. The average Bonchev–Trinajstić information content (AvgIpc) is 2.27. The number of para-hydroxylation sites is 1. The summed E-state index contributed by atoms with van der Waals surface area (Å²) in [5.41, 5.74) is 0.611. The van der Waals surface area contributed by atoms with Crippen LogP contribution in [0, 0.1) is 0 Å². The summed E-state index contributed by atoms with van der Waals surface area (Å²) < 4.78 is 5.10. The molecule has 0 radical (unpaired) electrons. The minimum atomic E-state index is -1.03. The predicted octanol–water partition coefficient (Wildman–Crippen LogP) is 1.73. The molecule has 0 unspecified atom stereocenters. The molecule has 1 rings (SSSR count). The molecule has 92 valence electrons. The van der Waals surface area contributed by atoms with Crippen molar-refractivity contribution in [1.82, 2.24) is 0 Å². The number of methoxy groups -OCH3 is 1. The Bertz CT molecular complexity index is 397. The van der Waals surface area contributed by atoms with Crippen molar-refractivity contribution in [2.75, 3.05) is 7.11 Å². The van der Waals surface area contributed by atoms with Gasteiger partial charge in [-0.15, -0.1) is 0 Å². The smallest absolute Gasteiger partial charge is 0.303 e. The van der Waals surface area contributed by atoms with Crippen molar-refractivity contribution in [3.05, 3.63) is 29.8 Å². The molecule has 0 amide bonds. The molecule has 1 aromatic rings. The largest absolute Gasteiger partial charge is 0.496 e. The van der Waals surface area contributed by atoms with Gasteiger partial charge in [0.2, 0.25) is 0 Å². The highest BCUT2D eigenvalue weighted by Crippen LogP contribution is 2.31. The molecule has 5 heteroatoms. The fraction of sp³-hybridized carbons (Fsp3) is 0.333. The molecule has 17 heavy (non-hydrogen) atoms. The van der Waals surface area contributed by atoms with Crippen LogP contribution in [0.3, 0.4) is 0 Å². The molecule has 0 saturated heterocycles. The second-order valence-electron chi connectivity index (χ2n) is 3.63. The SMILES string of the molecule is COc1ccccc1C(CC(=O)O)CC(=O)O. The van der Waals surface area contributed by atoms with Crippen molar-refractivity contribution in [2.45, 2.75) is 18.8 Å². The number of rotatable bonds is 6. The lowest BCUT2D eigenvalue weighted by molar-refractivity contribution is -0.139. The van der Waals surface area contributed by atoms with E-state index in [1.165, 1.54) is 7.11 Å². The van der Waals surface area contributed by atoms with E-state index in [9.17, 15) is 9.59 Å². The fourth-order valence-electron chi connectivity index (χ4n) is 1.72. The summed E-state index contributed by atoms with van der Waals surface area (Å²) >= 11 is 0. The van der Waals surface area contributed by atoms with E-state index in [4.69, 9.17) is 14.9 Å². The Balaban J connectivity index is 3.02. The van der Waals surface area contributed by atoms with Gasteiger partial charge in [-0.05, 0) is 11.6 Å². The third kappa shape index (κ3) is 3.79. The molecule has 0 atom stereocenters. The monoisotopic (exact) mass is 238 g/mol. The standard InChI is InChI=1S/C12H14O5/c1-17-10-5-3-2-4-9(10)8(6-11(13)14)7-12(15)16/h2-5,8H,6-7H2,1H3,(H,13,14)(H,15,16). The normalized spacial score (nSPS) is 10.2. The van der Waals surface area contributed by atoms with Crippen LogP contribution in [0.15, 0.2) is 24.3 Å². The van der Waals surface area contributed by atoms with Crippen LogP contribution in [0.1, 0.15) is 24.3 Å². The van der Waals surface area contributed by atoms with Gasteiger partial charge >= 0.3 is 11.9 Å². The first-order valence-electron chi connectivity index (χ1n) is 5.11. The molecule has 0 bridgehead atoms. The third-order valence-corrected chi connectivity index (χ3v) is 2.42. The fourth-order valence-corrected chi connectivity index (χ4v) is 1.72. The molecular weight excluding hydrogens is 224 g/mol.